The number of carbonyl (C=O) groups excluding carboxylic acids is 1. The fourth-order valence-electron chi connectivity index (χ4n) is 1.97. The Hall–Kier alpha value is -1.13. The lowest BCUT2D eigenvalue weighted by Crippen LogP contribution is -2.41. The van der Waals surface area contributed by atoms with Crippen molar-refractivity contribution in [1.82, 2.24) is 9.88 Å². The Morgan fingerprint density at radius 3 is 2.65 bits per heavy atom. The summed E-state index contributed by atoms with van der Waals surface area (Å²) in [6, 6.07) is 1.87. The van der Waals surface area contributed by atoms with Crippen LogP contribution in [0.3, 0.4) is 0 Å². The van der Waals surface area contributed by atoms with Gasteiger partial charge in [-0.15, -0.1) is 0 Å². The lowest BCUT2D eigenvalue weighted by molar-refractivity contribution is 0.0302. The number of aromatic nitrogens is 1. The zero-order valence-electron chi connectivity index (χ0n) is 9.99. The summed E-state index contributed by atoms with van der Waals surface area (Å²) in [6.45, 7) is 6.14. The highest BCUT2D eigenvalue weighted by Crippen LogP contribution is 2.21. The quantitative estimate of drug-likeness (QED) is 0.718. The summed E-state index contributed by atoms with van der Waals surface area (Å²) in [6.07, 6.45) is 0. The van der Waals surface area contributed by atoms with Crippen LogP contribution < -0.4 is 0 Å². The molecule has 4 nitrogen and oxygen atoms in total. The molecule has 2 heterocycles. The Kier molecular flexibility index (Phi) is 3.64. The molecule has 1 aliphatic heterocycles. The molecular formula is C12H15ClN2O2. The van der Waals surface area contributed by atoms with Crippen molar-refractivity contribution in [3.63, 3.8) is 0 Å². The van der Waals surface area contributed by atoms with Crippen molar-refractivity contribution in [3.05, 3.63) is 28.0 Å². The number of carbonyl (C=O) groups is 1. The van der Waals surface area contributed by atoms with Gasteiger partial charge in [-0.05, 0) is 25.5 Å². The van der Waals surface area contributed by atoms with Crippen LogP contribution in [0.25, 0.3) is 0 Å². The summed E-state index contributed by atoms with van der Waals surface area (Å²) in [5.41, 5.74) is 2.21. The standard InChI is InChI=1S/C12H15ClN2O2/c1-8-7-9(2)14-11(13)10(8)12(16)15-3-5-17-6-4-15/h7H,3-6H2,1-2H3. The van der Waals surface area contributed by atoms with E-state index in [0.717, 1.165) is 11.3 Å². The molecule has 1 fully saturated rings. The Morgan fingerprint density at radius 1 is 1.41 bits per heavy atom. The molecule has 1 aliphatic rings. The number of rotatable bonds is 1. The highest BCUT2D eigenvalue weighted by atomic mass is 35.5. The van der Waals surface area contributed by atoms with E-state index in [1.807, 2.05) is 19.9 Å². The van der Waals surface area contributed by atoms with Gasteiger partial charge in [-0.25, -0.2) is 4.98 Å². The van der Waals surface area contributed by atoms with Crippen molar-refractivity contribution < 1.29 is 9.53 Å². The molecule has 0 saturated carbocycles. The number of hydrogen-bond acceptors (Lipinski definition) is 3. The van der Waals surface area contributed by atoms with Crippen LogP contribution in [0.2, 0.25) is 5.15 Å². The minimum Gasteiger partial charge on any atom is -0.378 e. The molecule has 0 spiro atoms. The second kappa shape index (κ2) is 5.02. The minimum absolute atomic E-state index is 0.0525. The van der Waals surface area contributed by atoms with Crippen LogP contribution in [-0.2, 0) is 4.74 Å². The maximum atomic E-state index is 12.3. The van der Waals surface area contributed by atoms with Crippen molar-refractivity contribution in [2.45, 2.75) is 13.8 Å². The van der Waals surface area contributed by atoms with Crippen LogP contribution in [0.5, 0.6) is 0 Å². The zero-order valence-corrected chi connectivity index (χ0v) is 10.8. The normalized spacial score (nSPS) is 16.1. The molecule has 5 heteroatoms. The number of ether oxygens (including phenoxy) is 1. The molecule has 1 amide bonds. The van der Waals surface area contributed by atoms with Gasteiger partial charge in [-0.2, -0.15) is 0 Å². The maximum absolute atomic E-state index is 12.3. The average Bonchev–Trinajstić information content (AvgIpc) is 2.28. The van der Waals surface area contributed by atoms with Gasteiger partial charge in [0.15, 0.2) is 0 Å². The highest BCUT2D eigenvalue weighted by molar-refractivity contribution is 6.32. The summed E-state index contributed by atoms with van der Waals surface area (Å²) in [7, 11) is 0. The monoisotopic (exact) mass is 254 g/mol. The Labute approximate surface area is 106 Å². The molecule has 1 aromatic heterocycles. The molecular weight excluding hydrogens is 240 g/mol. The third-order valence-electron chi connectivity index (χ3n) is 2.81. The number of nitrogens with zero attached hydrogens (tertiary/aromatic N) is 2. The number of hydrogen-bond donors (Lipinski definition) is 0. The van der Waals surface area contributed by atoms with Gasteiger partial charge in [0.1, 0.15) is 5.15 Å². The molecule has 0 N–H and O–H groups in total. The molecule has 0 radical (unpaired) electrons. The van der Waals surface area contributed by atoms with E-state index in [1.54, 1.807) is 4.90 Å². The smallest absolute Gasteiger partial charge is 0.257 e. The van der Waals surface area contributed by atoms with Gasteiger partial charge in [-0.3, -0.25) is 4.79 Å². The first-order valence-corrected chi connectivity index (χ1v) is 5.98. The molecule has 0 unspecified atom stereocenters. The predicted octanol–water partition coefficient (Wildman–Crippen LogP) is 1.82. The van der Waals surface area contributed by atoms with Crippen molar-refractivity contribution in [1.29, 1.82) is 0 Å². The number of amides is 1. The summed E-state index contributed by atoms with van der Waals surface area (Å²) in [5, 5.41) is 0.291. The largest absolute Gasteiger partial charge is 0.378 e. The van der Waals surface area contributed by atoms with Crippen LogP contribution >= 0.6 is 11.6 Å². The van der Waals surface area contributed by atoms with Crippen LogP contribution in [-0.4, -0.2) is 42.1 Å². The van der Waals surface area contributed by atoms with Gasteiger partial charge in [0.05, 0.1) is 18.8 Å². The zero-order chi connectivity index (χ0) is 12.4. The van der Waals surface area contributed by atoms with E-state index in [4.69, 9.17) is 16.3 Å². The van der Waals surface area contributed by atoms with Crippen LogP contribution in [0.1, 0.15) is 21.6 Å². The van der Waals surface area contributed by atoms with Gasteiger partial charge < -0.3 is 9.64 Å². The maximum Gasteiger partial charge on any atom is 0.257 e. The SMILES string of the molecule is Cc1cc(C)c(C(=O)N2CCOCC2)c(Cl)n1. The Balaban J connectivity index is 2.30. The Morgan fingerprint density at radius 2 is 2.06 bits per heavy atom. The first-order valence-electron chi connectivity index (χ1n) is 5.60. The van der Waals surface area contributed by atoms with E-state index in [2.05, 4.69) is 4.98 Å². The van der Waals surface area contributed by atoms with Gasteiger partial charge in [0.25, 0.3) is 5.91 Å². The van der Waals surface area contributed by atoms with Gasteiger partial charge in [0.2, 0.25) is 0 Å². The van der Waals surface area contributed by atoms with E-state index >= 15 is 0 Å². The third kappa shape index (κ3) is 2.58. The Bertz CT molecular complexity index is 419. The topological polar surface area (TPSA) is 42.4 Å². The molecule has 0 bridgehead atoms. The number of pyridine rings is 1. The van der Waals surface area contributed by atoms with Crippen LogP contribution in [0.4, 0.5) is 0 Å². The third-order valence-corrected chi connectivity index (χ3v) is 3.09. The molecule has 2 rings (SSSR count). The van der Waals surface area contributed by atoms with Gasteiger partial charge in [0, 0.05) is 18.8 Å². The van der Waals surface area contributed by atoms with Crippen molar-refractivity contribution in [3.8, 4) is 0 Å². The van der Waals surface area contributed by atoms with E-state index in [-0.39, 0.29) is 5.91 Å². The summed E-state index contributed by atoms with van der Waals surface area (Å²) >= 11 is 6.06. The van der Waals surface area contributed by atoms with E-state index in [0.29, 0.717) is 37.0 Å². The minimum atomic E-state index is -0.0525. The first kappa shape index (κ1) is 12.3. The van der Waals surface area contributed by atoms with Crippen molar-refractivity contribution >= 4 is 17.5 Å². The van der Waals surface area contributed by atoms with Crippen LogP contribution in [0.15, 0.2) is 6.07 Å². The predicted molar refractivity (Wildman–Crippen MR) is 65.4 cm³/mol. The molecule has 17 heavy (non-hydrogen) atoms. The summed E-state index contributed by atoms with van der Waals surface area (Å²) < 4.78 is 5.22. The van der Waals surface area contributed by atoms with E-state index in [9.17, 15) is 4.79 Å². The second-order valence-corrected chi connectivity index (χ2v) is 4.51. The molecule has 0 aromatic carbocycles. The summed E-state index contributed by atoms with van der Waals surface area (Å²) in [4.78, 5) is 18.2. The van der Waals surface area contributed by atoms with Gasteiger partial charge in [-0.1, -0.05) is 11.6 Å². The second-order valence-electron chi connectivity index (χ2n) is 4.15. The fraction of sp³-hybridized carbons (Fsp3) is 0.500. The summed E-state index contributed by atoms with van der Waals surface area (Å²) in [5.74, 6) is -0.0525. The molecule has 1 aromatic rings. The molecule has 0 aliphatic carbocycles. The van der Waals surface area contributed by atoms with Gasteiger partial charge >= 0.3 is 0 Å². The van der Waals surface area contributed by atoms with E-state index in [1.165, 1.54) is 0 Å². The number of morpholine rings is 1. The first-order chi connectivity index (χ1) is 8.09. The van der Waals surface area contributed by atoms with Crippen molar-refractivity contribution in [2.75, 3.05) is 26.3 Å². The number of aryl methyl sites for hydroxylation is 2. The molecule has 1 saturated heterocycles. The molecule has 0 atom stereocenters. The van der Waals surface area contributed by atoms with Crippen molar-refractivity contribution in [2.24, 2.45) is 0 Å². The lowest BCUT2D eigenvalue weighted by atomic mass is 10.1. The fourth-order valence-corrected chi connectivity index (χ4v) is 2.34. The average molecular weight is 255 g/mol. The van der Waals surface area contributed by atoms with Crippen LogP contribution in [0, 0.1) is 13.8 Å². The lowest BCUT2D eigenvalue weighted by Gasteiger charge is -2.27. The van der Waals surface area contributed by atoms with E-state index < -0.39 is 0 Å². The molecule has 92 valence electrons. The number of halogens is 1. The highest BCUT2D eigenvalue weighted by Gasteiger charge is 2.23.